The topological polar surface area (TPSA) is 38.3 Å². The van der Waals surface area contributed by atoms with Gasteiger partial charge in [0.15, 0.2) is 0 Å². The van der Waals surface area contributed by atoms with Crippen molar-refractivity contribution in [1.29, 1.82) is 0 Å². The van der Waals surface area contributed by atoms with Crippen molar-refractivity contribution in [2.24, 2.45) is 17.3 Å². The van der Waals surface area contributed by atoms with Crippen LogP contribution in [0.2, 0.25) is 0 Å². The Morgan fingerprint density at radius 2 is 2.00 bits per heavy atom. The molecule has 1 N–H and O–H groups in total. The summed E-state index contributed by atoms with van der Waals surface area (Å²) in [6.07, 6.45) is 2.47. The highest BCUT2D eigenvalue weighted by atomic mass is 35.5. The van der Waals surface area contributed by atoms with Crippen LogP contribution in [-0.2, 0) is 9.53 Å². The number of rotatable bonds is 4. The van der Waals surface area contributed by atoms with Crippen molar-refractivity contribution in [1.82, 2.24) is 5.32 Å². The predicted octanol–water partition coefficient (Wildman–Crippen LogP) is 2.18. The first-order chi connectivity index (χ1) is 7.99. The van der Waals surface area contributed by atoms with Crippen LogP contribution >= 0.6 is 11.6 Å². The highest BCUT2D eigenvalue weighted by Crippen LogP contribution is 2.46. The number of amides is 1. The Hall–Kier alpha value is -0.280. The summed E-state index contributed by atoms with van der Waals surface area (Å²) in [5.74, 6) is 1.05. The van der Waals surface area contributed by atoms with Crippen LogP contribution in [-0.4, -0.2) is 30.5 Å². The van der Waals surface area contributed by atoms with Crippen molar-refractivity contribution in [2.75, 3.05) is 12.4 Å². The van der Waals surface area contributed by atoms with Crippen molar-refractivity contribution in [2.45, 2.75) is 45.8 Å². The summed E-state index contributed by atoms with van der Waals surface area (Å²) in [6, 6.07) is 0. The van der Waals surface area contributed by atoms with E-state index in [1.165, 1.54) is 0 Å². The first-order valence-corrected chi connectivity index (χ1v) is 7.02. The van der Waals surface area contributed by atoms with Crippen LogP contribution in [0.1, 0.15) is 33.6 Å². The van der Waals surface area contributed by atoms with E-state index in [4.69, 9.17) is 16.3 Å². The minimum Gasteiger partial charge on any atom is -0.374 e. The van der Waals surface area contributed by atoms with Crippen LogP contribution in [0.3, 0.4) is 0 Å². The molecule has 0 aromatic carbocycles. The maximum atomic E-state index is 12.2. The van der Waals surface area contributed by atoms with E-state index >= 15 is 0 Å². The number of carbonyl (C=O) groups excluding carboxylic acids is 1. The fourth-order valence-corrected chi connectivity index (χ4v) is 3.01. The van der Waals surface area contributed by atoms with Gasteiger partial charge in [-0.15, -0.1) is 11.6 Å². The Balaban J connectivity index is 1.87. The summed E-state index contributed by atoms with van der Waals surface area (Å²) in [5.41, 5.74) is 0.189. The van der Waals surface area contributed by atoms with E-state index in [9.17, 15) is 4.79 Å². The molecule has 1 saturated carbocycles. The van der Waals surface area contributed by atoms with Crippen LogP contribution in [0, 0.1) is 17.3 Å². The largest absolute Gasteiger partial charge is 0.374 e. The van der Waals surface area contributed by atoms with Crippen LogP contribution in [0.25, 0.3) is 0 Å². The molecule has 1 heterocycles. The fourth-order valence-electron chi connectivity index (χ4n) is 2.65. The van der Waals surface area contributed by atoms with Crippen LogP contribution < -0.4 is 5.32 Å². The van der Waals surface area contributed by atoms with E-state index in [0.29, 0.717) is 5.88 Å². The standard InChI is InChI=1S/C13H22ClNO2/c1-8-9(2)17-10(3)11(8)12(16)15-7-13(6-14)4-5-13/h8-11H,4-7H2,1-3H3,(H,15,16). The molecule has 4 unspecified atom stereocenters. The van der Waals surface area contributed by atoms with Gasteiger partial charge in [0.2, 0.25) is 5.91 Å². The molecule has 0 bridgehead atoms. The Labute approximate surface area is 108 Å². The second-order valence-corrected chi connectivity index (χ2v) is 6.05. The predicted molar refractivity (Wildman–Crippen MR) is 68.1 cm³/mol. The smallest absolute Gasteiger partial charge is 0.226 e. The van der Waals surface area contributed by atoms with Crippen LogP contribution in [0.4, 0.5) is 0 Å². The zero-order valence-electron chi connectivity index (χ0n) is 10.8. The third-order valence-electron chi connectivity index (χ3n) is 4.42. The van der Waals surface area contributed by atoms with Gasteiger partial charge in [0.25, 0.3) is 0 Å². The molecule has 17 heavy (non-hydrogen) atoms. The Morgan fingerprint density at radius 1 is 1.35 bits per heavy atom. The van der Waals surface area contributed by atoms with E-state index < -0.39 is 0 Å². The molecule has 1 aliphatic carbocycles. The molecule has 2 aliphatic rings. The average molecular weight is 260 g/mol. The van der Waals surface area contributed by atoms with Gasteiger partial charge in [-0.1, -0.05) is 6.92 Å². The molecule has 2 fully saturated rings. The summed E-state index contributed by atoms with van der Waals surface area (Å²) < 4.78 is 5.69. The minimum absolute atomic E-state index is 0.0175. The maximum absolute atomic E-state index is 12.2. The lowest BCUT2D eigenvalue weighted by Gasteiger charge is -2.20. The van der Waals surface area contributed by atoms with E-state index in [1.54, 1.807) is 0 Å². The quantitative estimate of drug-likeness (QED) is 0.786. The molecule has 3 nitrogen and oxygen atoms in total. The van der Waals surface area contributed by atoms with Crippen molar-refractivity contribution >= 4 is 17.5 Å². The van der Waals surface area contributed by atoms with E-state index in [0.717, 1.165) is 19.4 Å². The number of hydrogen-bond donors (Lipinski definition) is 1. The zero-order chi connectivity index (χ0) is 12.6. The van der Waals surface area contributed by atoms with Gasteiger partial charge in [-0.05, 0) is 32.6 Å². The molecule has 1 aliphatic heterocycles. The number of alkyl halides is 1. The zero-order valence-corrected chi connectivity index (χ0v) is 11.6. The Kier molecular flexibility index (Phi) is 3.69. The molecule has 98 valence electrons. The number of ether oxygens (including phenoxy) is 1. The second-order valence-electron chi connectivity index (χ2n) is 5.78. The number of halogens is 1. The molecular weight excluding hydrogens is 238 g/mol. The monoisotopic (exact) mass is 259 g/mol. The van der Waals surface area contributed by atoms with Crippen molar-refractivity contribution < 1.29 is 9.53 Å². The lowest BCUT2D eigenvalue weighted by Crippen LogP contribution is -2.40. The first-order valence-electron chi connectivity index (χ1n) is 6.48. The van der Waals surface area contributed by atoms with E-state index in [2.05, 4.69) is 12.2 Å². The van der Waals surface area contributed by atoms with Gasteiger partial charge < -0.3 is 10.1 Å². The van der Waals surface area contributed by atoms with Crippen molar-refractivity contribution in [3.8, 4) is 0 Å². The number of carbonyl (C=O) groups is 1. The van der Waals surface area contributed by atoms with Gasteiger partial charge in [-0.2, -0.15) is 0 Å². The molecular formula is C13H22ClNO2. The molecule has 4 atom stereocenters. The summed E-state index contributed by atoms with van der Waals surface area (Å²) in [5, 5.41) is 3.06. The first kappa shape index (κ1) is 13.2. The molecule has 2 rings (SSSR count). The van der Waals surface area contributed by atoms with Gasteiger partial charge in [-0.25, -0.2) is 0 Å². The Morgan fingerprint density at radius 3 is 2.41 bits per heavy atom. The van der Waals surface area contributed by atoms with Crippen LogP contribution in [0.5, 0.6) is 0 Å². The minimum atomic E-state index is -0.0175. The highest BCUT2D eigenvalue weighted by Gasteiger charge is 2.45. The number of hydrogen-bond acceptors (Lipinski definition) is 2. The molecule has 0 aromatic heterocycles. The third kappa shape index (κ3) is 2.60. The summed E-state index contributed by atoms with van der Waals surface area (Å²) >= 11 is 5.90. The molecule has 0 radical (unpaired) electrons. The number of nitrogens with one attached hydrogen (secondary N) is 1. The molecule has 0 spiro atoms. The Bertz CT molecular complexity index is 304. The molecule has 0 aromatic rings. The van der Waals surface area contributed by atoms with Crippen LogP contribution in [0.15, 0.2) is 0 Å². The van der Waals surface area contributed by atoms with Gasteiger partial charge >= 0.3 is 0 Å². The second kappa shape index (κ2) is 4.77. The highest BCUT2D eigenvalue weighted by molar-refractivity contribution is 6.18. The molecule has 1 amide bonds. The summed E-state index contributed by atoms with van der Waals surface area (Å²) in [7, 11) is 0. The van der Waals surface area contributed by atoms with E-state index in [1.807, 2.05) is 13.8 Å². The fraction of sp³-hybridized carbons (Fsp3) is 0.923. The molecule has 1 saturated heterocycles. The maximum Gasteiger partial charge on any atom is 0.226 e. The van der Waals surface area contributed by atoms with Crippen molar-refractivity contribution in [3.63, 3.8) is 0 Å². The van der Waals surface area contributed by atoms with Gasteiger partial charge in [0, 0.05) is 17.8 Å². The van der Waals surface area contributed by atoms with Gasteiger partial charge in [-0.3, -0.25) is 4.79 Å². The summed E-state index contributed by atoms with van der Waals surface area (Å²) in [6.45, 7) is 6.83. The average Bonchev–Trinajstić information content (AvgIpc) is 3.02. The van der Waals surface area contributed by atoms with Gasteiger partial charge in [0.1, 0.15) is 0 Å². The molecule has 4 heteroatoms. The SMILES string of the molecule is CC1OC(C)C(C(=O)NCC2(CCl)CC2)C1C. The lowest BCUT2D eigenvalue weighted by molar-refractivity contribution is -0.127. The van der Waals surface area contributed by atoms with Gasteiger partial charge in [0.05, 0.1) is 18.1 Å². The van der Waals surface area contributed by atoms with E-state index in [-0.39, 0.29) is 35.4 Å². The third-order valence-corrected chi connectivity index (χ3v) is 4.99. The van der Waals surface area contributed by atoms with Crippen molar-refractivity contribution in [3.05, 3.63) is 0 Å². The summed E-state index contributed by atoms with van der Waals surface area (Å²) in [4.78, 5) is 12.2. The normalized spacial score (nSPS) is 39.1. The lowest BCUT2D eigenvalue weighted by atomic mass is 9.88.